The molecule has 1 aliphatic heterocycles. The minimum atomic E-state index is -0.757. The summed E-state index contributed by atoms with van der Waals surface area (Å²) < 4.78 is 11.2. The molecule has 1 unspecified atom stereocenters. The van der Waals surface area contributed by atoms with Gasteiger partial charge in [-0.2, -0.15) is 0 Å². The maximum absolute atomic E-state index is 13.7. The zero-order chi connectivity index (χ0) is 27.7. The highest BCUT2D eigenvalue weighted by Gasteiger charge is 2.40. The zero-order valence-electron chi connectivity index (χ0n) is 23.2. The average Bonchev–Trinajstić information content (AvgIpc) is 3.37. The molecule has 2 amide bonds. The molecule has 0 aliphatic carbocycles. The van der Waals surface area contributed by atoms with Crippen molar-refractivity contribution in [3.8, 4) is 0 Å². The van der Waals surface area contributed by atoms with Crippen LogP contribution in [0.15, 0.2) is 60.7 Å². The molecule has 2 aromatic carbocycles. The van der Waals surface area contributed by atoms with Crippen molar-refractivity contribution in [2.75, 3.05) is 6.54 Å². The molecule has 2 atom stereocenters. The minimum Gasteiger partial charge on any atom is -0.460 e. The van der Waals surface area contributed by atoms with E-state index in [1.54, 1.807) is 4.90 Å². The van der Waals surface area contributed by atoms with Crippen molar-refractivity contribution in [2.45, 2.75) is 90.6 Å². The van der Waals surface area contributed by atoms with E-state index in [2.05, 4.69) is 5.43 Å². The van der Waals surface area contributed by atoms with Crippen molar-refractivity contribution >= 4 is 18.0 Å². The van der Waals surface area contributed by atoms with Crippen LogP contribution in [0.2, 0.25) is 0 Å². The van der Waals surface area contributed by atoms with Crippen LogP contribution in [0.4, 0.5) is 4.79 Å². The number of hydrazine groups is 1. The van der Waals surface area contributed by atoms with Crippen LogP contribution < -0.4 is 5.43 Å². The first-order chi connectivity index (χ1) is 18.0. The van der Waals surface area contributed by atoms with Crippen LogP contribution in [0.25, 0.3) is 0 Å². The van der Waals surface area contributed by atoms with Crippen LogP contribution in [-0.2, 0) is 32.1 Å². The molecule has 2 aromatic rings. The number of urea groups is 1. The summed E-state index contributed by atoms with van der Waals surface area (Å²) in [6, 6.07) is 17.3. The Labute approximate surface area is 226 Å². The van der Waals surface area contributed by atoms with Crippen LogP contribution in [0, 0.1) is 0 Å². The SMILES string of the molecule is CC(C)N(NC(CCc1ccccc1)C(=O)OCc1ccccc1)C(=O)N1CCC[C@H]1C(=O)OC(C)(C)C. The third-order valence-electron chi connectivity index (χ3n) is 6.27. The van der Waals surface area contributed by atoms with Gasteiger partial charge in [0.1, 0.15) is 24.3 Å². The maximum Gasteiger partial charge on any atom is 0.335 e. The predicted octanol–water partition coefficient (Wildman–Crippen LogP) is 4.87. The van der Waals surface area contributed by atoms with E-state index in [1.165, 1.54) is 5.01 Å². The number of carbonyl (C=O) groups excluding carboxylic acids is 3. The van der Waals surface area contributed by atoms with Gasteiger partial charge in [0.15, 0.2) is 0 Å². The van der Waals surface area contributed by atoms with E-state index in [9.17, 15) is 14.4 Å². The summed E-state index contributed by atoms with van der Waals surface area (Å²) in [6.45, 7) is 9.76. The highest BCUT2D eigenvalue weighted by atomic mass is 16.6. The fourth-order valence-electron chi connectivity index (χ4n) is 4.36. The number of aryl methyl sites for hydroxylation is 1. The van der Waals surface area contributed by atoms with Gasteiger partial charge in [-0.3, -0.25) is 9.80 Å². The van der Waals surface area contributed by atoms with Gasteiger partial charge < -0.3 is 14.4 Å². The largest absolute Gasteiger partial charge is 0.460 e. The van der Waals surface area contributed by atoms with Gasteiger partial charge in [-0.15, -0.1) is 0 Å². The van der Waals surface area contributed by atoms with Crippen molar-refractivity contribution in [1.82, 2.24) is 15.3 Å². The molecule has 8 heteroatoms. The van der Waals surface area contributed by atoms with Crippen LogP contribution >= 0.6 is 0 Å². The lowest BCUT2D eigenvalue weighted by atomic mass is 10.1. The quantitative estimate of drug-likeness (QED) is 0.353. The number of likely N-dealkylation sites (tertiary alicyclic amines) is 1. The first-order valence-electron chi connectivity index (χ1n) is 13.4. The number of nitrogens with zero attached hydrogens (tertiary/aromatic N) is 2. The van der Waals surface area contributed by atoms with Gasteiger partial charge in [-0.05, 0) is 71.4 Å². The minimum absolute atomic E-state index is 0.145. The molecule has 8 nitrogen and oxygen atoms in total. The van der Waals surface area contributed by atoms with E-state index >= 15 is 0 Å². The predicted molar refractivity (Wildman–Crippen MR) is 146 cm³/mol. The zero-order valence-corrected chi connectivity index (χ0v) is 23.2. The molecule has 1 aliphatic rings. The first-order valence-corrected chi connectivity index (χ1v) is 13.4. The van der Waals surface area contributed by atoms with Crippen LogP contribution in [0.1, 0.15) is 65.0 Å². The second-order valence-electron chi connectivity index (χ2n) is 10.9. The van der Waals surface area contributed by atoms with E-state index in [0.29, 0.717) is 32.2 Å². The third-order valence-corrected chi connectivity index (χ3v) is 6.27. The van der Waals surface area contributed by atoms with Crippen molar-refractivity contribution in [3.63, 3.8) is 0 Å². The molecule has 0 bridgehead atoms. The average molecular weight is 524 g/mol. The second kappa shape index (κ2) is 13.4. The van der Waals surface area contributed by atoms with Gasteiger partial charge in [-0.1, -0.05) is 60.7 Å². The summed E-state index contributed by atoms with van der Waals surface area (Å²) in [4.78, 5) is 41.4. The van der Waals surface area contributed by atoms with Crippen LogP contribution in [0.3, 0.4) is 0 Å². The summed E-state index contributed by atoms with van der Waals surface area (Å²) >= 11 is 0. The van der Waals surface area contributed by atoms with Crippen molar-refractivity contribution < 1.29 is 23.9 Å². The number of nitrogens with one attached hydrogen (secondary N) is 1. The Balaban J connectivity index is 1.75. The molecule has 0 aromatic heterocycles. The van der Waals surface area contributed by atoms with Gasteiger partial charge in [-0.25, -0.2) is 15.0 Å². The van der Waals surface area contributed by atoms with Gasteiger partial charge >= 0.3 is 18.0 Å². The molecule has 1 fully saturated rings. The fourth-order valence-corrected chi connectivity index (χ4v) is 4.36. The molecule has 1 heterocycles. The van der Waals surface area contributed by atoms with Gasteiger partial charge in [0.2, 0.25) is 0 Å². The molecule has 0 saturated carbocycles. The highest BCUT2D eigenvalue weighted by molar-refractivity contribution is 5.85. The van der Waals surface area contributed by atoms with Crippen molar-refractivity contribution in [1.29, 1.82) is 0 Å². The summed E-state index contributed by atoms with van der Waals surface area (Å²) in [5.41, 5.74) is 4.49. The monoisotopic (exact) mass is 523 g/mol. The Morgan fingerprint density at radius 1 is 1.00 bits per heavy atom. The number of rotatable bonds is 10. The molecule has 206 valence electrons. The Morgan fingerprint density at radius 3 is 2.18 bits per heavy atom. The molecule has 38 heavy (non-hydrogen) atoms. The van der Waals surface area contributed by atoms with Crippen molar-refractivity contribution in [2.24, 2.45) is 0 Å². The molecule has 0 radical (unpaired) electrons. The van der Waals surface area contributed by atoms with Gasteiger partial charge in [0.25, 0.3) is 0 Å². The Kier molecular flexibility index (Phi) is 10.3. The highest BCUT2D eigenvalue weighted by Crippen LogP contribution is 2.23. The van der Waals surface area contributed by atoms with Crippen LogP contribution in [0.5, 0.6) is 0 Å². The smallest absolute Gasteiger partial charge is 0.335 e. The van der Waals surface area contributed by atoms with E-state index in [4.69, 9.17) is 9.47 Å². The van der Waals surface area contributed by atoms with E-state index < -0.39 is 29.6 Å². The normalized spacial score (nSPS) is 16.3. The number of hydrogen-bond acceptors (Lipinski definition) is 6. The Hall–Kier alpha value is -3.39. The summed E-state index contributed by atoms with van der Waals surface area (Å²) in [5.74, 6) is -0.844. The molecule has 0 spiro atoms. The fraction of sp³-hybridized carbons (Fsp3) is 0.500. The summed E-state index contributed by atoms with van der Waals surface area (Å²) in [6.07, 6.45) is 2.31. The lowest BCUT2D eigenvalue weighted by molar-refractivity contribution is -0.160. The number of carbonyl (C=O) groups is 3. The first kappa shape index (κ1) is 29.2. The number of benzene rings is 2. The number of ether oxygens (including phenoxy) is 2. The van der Waals surface area contributed by atoms with Gasteiger partial charge in [0, 0.05) is 12.6 Å². The maximum atomic E-state index is 13.7. The molecule has 1 N–H and O–H groups in total. The van der Waals surface area contributed by atoms with Gasteiger partial charge in [0.05, 0.1) is 0 Å². The second-order valence-corrected chi connectivity index (χ2v) is 10.9. The molecule has 1 saturated heterocycles. The third kappa shape index (κ3) is 8.58. The standard InChI is InChI=1S/C30H41N3O5/c1-22(2)33(29(36)32-20-12-17-26(32)28(35)38-30(3,4)5)31-25(19-18-23-13-8-6-9-14-23)27(34)37-21-24-15-10-7-11-16-24/h6-11,13-16,22,25-26,31H,12,17-21H2,1-5H3/t25?,26-/m0/s1. The number of hydrogen-bond donors (Lipinski definition) is 1. The lowest BCUT2D eigenvalue weighted by Gasteiger charge is -2.36. The Morgan fingerprint density at radius 2 is 1.61 bits per heavy atom. The van der Waals surface area contributed by atoms with E-state index in [-0.39, 0.29) is 18.7 Å². The summed E-state index contributed by atoms with van der Waals surface area (Å²) in [7, 11) is 0. The number of amides is 2. The molecular formula is C30H41N3O5. The number of esters is 2. The van der Waals surface area contributed by atoms with E-state index in [0.717, 1.165) is 11.1 Å². The lowest BCUT2D eigenvalue weighted by Crippen LogP contribution is -2.59. The van der Waals surface area contributed by atoms with E-state index in [1.807, 2.05) is 95.3 Å². The summed E-state index contributed by atoms with van der Waals surface area (Å²) in [5, 5.41) is 1.45. The van der Waals surface area contributed by atoms with Crippen LogP contribution in [-0.4, -0.2) is 58.1 Å². The topological polar surface area (TPSA) is 88.2 Å². The Bertz CT molecular complexity index is 1050. The molecular weight excluding hydrogens is 482 g/mol. The van der Waals surface area contributed by atoms with Crippen molar-refractivity contribution in [3.05, 3.63) is 71.8 Å². The molecule has 3 rings (SSSR count).